The van der Waals surface area contributed by atoms with Gasteiger partial charge < -0.3 is 14.6 Å². The fraction of sp³-hybridized carbons (Fsp3) is 0.300. The third-order valence-corrected chi connectivity index (χ3v) is 4.15. The zero-order valence-corrected chi connectivity index (χ0v) is 14.6. The standard InChI is InChI=1S/C20H22O5/c1-14-4-11-17(12-5-14)20(24-2,25-3)19(23)16-9-6-15(7-10-16)8-13-18(21)22/h4-7,9-12H,8,13H2,1-3H3,(H,21,22). The second-order valence-electron chi connectivity index (χ2n) is 5.81. The number of aryl methyl sites for hydroxylation is 2. The largest absolute Gasteiger partial charge is 0.481 e. The normalized spacial score (nSPS) is 11.3. The van der Waals surface area contributed by atoms with Gasteiger partial charge in [0.05, 0.1) is 0 Å². The number of methoxy groups -OCH3 is 2. The summed E-state index contributed by atoms with van der Waals surface area (Å²) in [5.41, 5.74) is 2.97. The first-order chi connectivity index (χ1) is 11.9. The van der Waals surface area contributed by atoms with Crippen molar-refractivity contribution in [2.45, 2.75) is 25.6 Å². The molecule has 0 aliphatic rings. The van der Waals surface area contributed by atoms with Crippen LogP contribution in [0, 0.1) is 6.92 Å². The van der Waals surface area contributed by atoms with Crippen LogP contribution in [0.1, 0.15) is 33.5 Å². The molecule has 5 nitrogen and oxygen atoms in total. The lowest BCUT2D eigenvalue weighted by Crippen LogP contribution is -2.40. The maximum Gasteiger partial charge on any atom is 0.303 e. The van der Waals surface area contributed by atoms with Gasteiger partial charge in [-0.15, -0.1) is 0 Å². The van der Waals surface area contributed by atoms with Gasteiger partial charge >= 0.3 is 5.97 Å². The molecule has 0 saturated heterocycles. The van der Waals surface area contributed by atoms with Crippen molar-refractivity contribution in [2.75, 3.05) is 14.2 Å². The first-order valence-electron chi connectivity index (χ1n) is 7.96. The predicted molar refractivity (Wildman–Crippen MR) is 93.6 cm³/mol. The maximum atomic E-state index is 13.0. The number of benzene rings is 2. The number of carbonyl (C=O) groups is 2. The highest BCUT2D eigenvalue weighted by Gasteiger charge is 2.41. The van der Waals surface area contributed by atoms with Crippen molar-refractivity contribution in [2.24, 2.45) is 0 Å². The number of hydrogen-bond donors (Lipinski definition) is 1. The highest BCUT2D eigenvalue weighted by molar-refractivity contribution is 6.02. The van der Waals surface area contributed by atoms with Crippen LogP contribution in [0.3, 0.4) is 0 Å². The first-order valence-corrected chi connectivity index (χ1v) is 7.96. The summed E-state index contributed by atoms with van der Waals surface area (Å²) in [6.07, 6.45) is 0.470. The molecular weight excluding hydrogens is 320 g/mol. The Kier molecular flexibility index (Phi) is 6.07. The van der Waals surface area contributed by atoms with Gasteiger partial charge in [0.15, 0.2) is 0 Å². The Balaban J connectivity index is 2.31. The van der Waals surface area contributed by atoms with Gasteiger partial charge in [0, 0.05) is 31.8 Å². The van der Waals surface area contributed by atoms with E-state index in [0.29, 0.717) is 17.5 Å². The van der Waals surface area contributed by atoms with Crippen LogP contribution in [-0.2, 0) is 26.5 Å². The van der Waals surface area contributed by atoms with E-state index in [2.05, 4.69) is 0 Å². The Morgan fingerprint density at radius 1 is 0.960 bits per heavy atom. The van der Waals surface area contributed by atoms with Gasteiger partial charge in [-0.05, 0) is 18.9 Å². The van der Waals surface area contributed by atoms with Crippen LogP contribution in [0.15, 0.2) is 48.5 Å². The van der Waals surface area contributed by atoms with Gasteiger partial charge in [-0.25, -0.2) is 0 Å². The third kappa shape index (κ3) is 4.13. The molecule has 0 radical (unpaired) electrons. The fourth-order valence-corrected chi connectivity index (χ4v) is 2.67. The monoisotopic (exact) mass is 342 g/mol. The number of Topliss-reactive ketones (excluding diaryl/α,β-unsaturated/α-hetero) is 1. The van der Waals surface area contributed by atoms with Crippen molar-refractivity contribution in [1.29, 1.82) is 0 Å². The smallest absolute Gasteiger partial charge is 0.303 e. The summed E-state index contributed by atoms with van der Waals surface area (Å²) in [5.74, 6) is -2.68. The number of ketones is 1. The average Bonchev–Trinajstić information content (AvgIpc) is 2.63. The van der Waals surface area contributed by atoms with Gasteiger partial charge in [-0.1, -0.05) is 54.1 Å². The lowest BCUT2D eigenvalue weighted by Gasteiger charge is -2.30. The zero-order chi connectivity index (χ0) is 18.4. The fourth-order valence-electron chi connectivity index (χ4n) is 2.67. The van der Waals surface area contributed by atoms with Crippen LogP contribution in [0.25, 0.3) is 0 Å². The summed E-state index contributed by atoms with van der Waals surface area (Å²) in [5, 5.41) is 8.75. The molecule has 2 rings (SSSR count). The molecule has 132 valence electrons. The molecule has 0 spiro atoms. The van der Waals surface area contributed by atoms with Crippen LogP contribution >= 0.6 is 0 Å². The van der Waals surface area contributed by atoms with Crippen molar-refractivity contribution in [3.63, 3.8) is 0 Å². The number of carboxylic acid groups (broad SMARTS) is 1. The van der Waals surface area contributed by atoms with Crippen LogP contribution < -0.4 is 0 Å². The van der Waals surface area contributed by atoms with Gasteiger partial charge in [-0.2, -0.15) is 0 Å². The van der Waals surface area contributed by atoms with Gasteiger partial charge in [0.2, 0.25) is 5.78 Å². The average molecular weight is 342 g/mol. The molecule has 0 heterocycles. The third-order valence-electron chi connectivity index (χ3n) is 4.15. The number of rotatable bonds is 8. The van der Waals surface area contributed by atoms with Crippen molar-refractivity contribution in [3.05, 3.63) is 70.8 Å². The molecule has 0 atom stereocenters. The predicted octanol–water partition coefficient (Wildman–Crippen LogP) is 3.34. The number of aliphatic carboxylic acids is 1. The number of carboxylic acids is 1. The lowest BCUT2D eigenvalue weighted by atomic mass is 9.94. The summed E-state index contributed by atoms with van der Waals surface area (Å²) < 4.78 is 11.0. The van der Waals surface area contributed by atoms with E-state index >= 15 is 0 Å². The number of carbonyl (C=O) groups excluding carboxylic acids is 1. The summed E-state index contributed by atoms with van der Waals surface area (Å²) in [6, 6.07) is 14.2. The topological polar surface area (TPSA) is 72.8 Å². The van der Waals surface area contributed by atoms with E-state index in [4.69, 9.17) is 14.6 Å². The maximum absolute atomic E-state index is 13.0. The van der Waals surface area contributed by atoms with Crippen molar-refractivity contribution >= 4 is 11.8 Å². The van der Waals surface area contributed by atoms with E-state index in [9.17, 15) is 9.59 Å². The summed E-state index contributed by atoms with van der Waals surface area (Å²) >= 11 is 0. The summed E-state index contributed by atoms with van der Waals surface area (Å²) in [7, 11) is 2.87. The second kappa shape index (κ2) is 8.05. The van der Waals surface area contributed by atoms with Gasteiger partial charge in [0.1, 0.15) is 0 Å². The Morgan fingerprint density at radius 2 is 1.52 bits per heavy atom. The minimum absolute atomic E-state index is 0.0523. The molecule has 0 aliphatic heterocycles. The zero-order valence-electron chi connectivity index (χ0n) is 14.6. The van der Waals surface area contributed by atoms with Gasteiger partial charge in [-0.3, -0.25) is 9.59 Å². The van der Waals surface area contributed by atoms with Crippen LogP contribution in [0.2, 0.25) is 0 Å². The van der Waals surface area contributed by atoms with Crippen molar-refractivity contribution in [1.82, 2.24) is 0 Å². The van der Waals surface area contributed by atoms with E-state index in [0.717, 1.165) is 11.1 Å². The van der Waals surface area contributed by atoms with Crippen molar-refractivity contribution in [3.8, 4) is 0 Å². The van der Waals surface area contributed by atoms with E-state index in [-0.39, 0.29) is 12.2 Å². The van der Waals surface area contributed by atoms with Crippen LogP contribution in [0.5, 0.6) is 0 Å². The summed E-state index contributed by atoms with van der Waals surface area (Å²) in [6.45, 7) is 1.96. The lowest BCUT2D eigenvalue weighted by molar-refractivity contribution is -0.176. The molecule has 0 aliphatic carbocycles. The second-order valence-corrected chi connectivity index (χ2v) is 5.81. The summed E-state index contributed by atoms with van der Waals surface area (Å²) in [4.78, 5) is 23.7. The molecule has 2 aromatic carbocycles. The molecule has 2 aromatic rings. The molecule has 0 bridgehead atoms. The van der Waals surface area contributed by atoms with E-state index in [1.54, 1.807) is 24.3 Å². The minimum Gasteiger partial charge on any atom is -0.481 e. The van der Waals surface area contributed by atoms with Crippen LogP contribution in [0.4, 0.5) is 0 Å². The quantitative estimate of drug-likeness (QED) is 0.588. The Hall–Kier alpha value is -2.50. The molecular formula is C20H22O5. The Bertz CT molecular complexity index is 728. The molecule has 5 heteroatoms. The van der Waals surface area contributed by atoms with E-state index in [1.807, 2.05) is 31.2 Å². The number of ether oxygens (including phenoxy) is 2. The number of hydrogen-bond acceptors (Lipinski definition) is 4. The molecule has 25 heavy (non-hydrogen) atoms. The van der Waals surface area contributed by atoms with E-state index < -0.39 is 11.8 Å². The molecule has 0 aromatic heterocycles. The minimum atomic E-state index is -1.52. The molecule has 1 N–H and O–H groups in total. The van der Waals surface area contributed by atoms with E-state index in [1.165, 1.54) is 14.2 Å². The van der Waals surface area contributed by atoms with Crippen molar-refractivity contribution < 1.29 is 24.2 Å². The molecule has 0 amide bonds. The highest BCUT2D eigenvalue weighted by Crippen LogP contribution is 2.31. The SMILES string of the molecule is COC(OC)(C(=O)c1ccc(CCC(=O)O)cc1)c1ccc(C)cc1. The molecule has 0 saturated carbocycles. The first kappa shape index (κ1) is 18.8. The Labute approximate surface area is 147 Å². The molecule has 0 fully saturated rings. The Morgan fingerprint density at radius 3 is 2.00 bits per heavy atom. The molecule has 0 unspecified atom stereocenters. The van der Waals surface area contributed by atoms with Gasteiger partial charge in [0.25, 0.3) is 5.79 Å². The van der Waals surface area contributed by atoms with Crippen LogP contribution in [-0.4, -0.2) is 31.1 Å². The highest BCUT2D eigenvalue weighted by atomic mass is 16.7.